The Morgan fingerprint density at radius 3 is 3.21 bits per heavy atom. The van der Waals surface area contributed by atoms with Gasteiger partial charge in [0.2, 0.25) is 0 Å². The number of fused-ring (bicyclic) bond motifs is 1. The van der Waals surface area contributed by atoms with Crippen molar-refractivity contribution in [2.75, 3.05) is 19.6 Å². The van der Waals surface area contributed by atoms with Crippen LogP contribution in [0.15, 0.2) is 6.20 Å². The van der Waals surface area contributed by atoms with Gasteiger partial charge in [0.05, 0.1) is 6.20 Å². The summed E-state index contributed by atoms with van der Waals surface area (Å²) in [5.74, 6) is 0. The Labute approximate surface area is 116 Å². The van der Waals surface area contributed by atoms with Crippen LogP contribution in [0, 0.1) is 6.92 Å². The number of piperidine rings is 1. The Hall–Kier alpha value is -0.870. The maximum Gasteiger partial charge on any atom is 0.0522 e. The Bertz CT molecular complexity index is 401. The zero-order chi connectivity index (χ0) is 13.1. The van der Waals surface area contributed by atoms with Crippen LogP contribution in [0.25, 0.3) is 0 Å². The number of aryl methyl sites for hydroxylation is 2. The molecule has 2 fully saturated rings. The number of H-pyrrole nitrogens is 1. The molecule has 106 valence electrons. The van der Waals surface area contributed by atoms with Gasteiger partial charge in [0.1, 0.15) is 0 Å². The van der Waals surface area contributed by atoms with E-state index in [0.29, 0.717) is 0 Å². The van der Waals surface area contributed by atoms with Gasteiger partial charge in [-0.25, -0.2) is 0 Å². The van der Waals surface area contributed by atoms with Gasteiger partial charge in [-0.05, 0) is 70.6 Å². The number of nitrogens with zero attached hydrogens (tertiary/aromatic N) is 2. The zero-order valence-electron chi connectivity index (χ0n) is 12.0. The molecule has 0 aromatic carbocycles. The lowest BCUT2D eigenvalue weighted by molar-refractivity contribution is 0.167. The third-order valence-electron chi connectivity index (χ3n) is 4.81. The van der Waals surface area contributed by atoms with Gasteiger partial charge in [-0.2, -0.15) is 5.10 Å². The van der Waals surface area contributed by atoms with Crippen LogP contribution in [-0.2, 0) is 6.42 Å². The highest BCUT2D eigenvalue weighted by Crippen LogP contribution is 2.26. The fourth-order valence-corrected chi connectivity index (χ4v) is 3.62. The summed E-state index contributed by atoms with van der Waals surface area (Å²) < 4.78 is 0. The molecule has 3 rings (SSSR count). The normalized spacial score (nSPS) is 27.6. The number of aromatic nitrogens is 2. The quantitative estimate of drug-likeness (QED) is 0.796. The lowest BCUT2D eigenvalue weighted by Gasteiger charge is -2.35. The molecule has 4 nitrogen and oxygen atoms in total. The minimum Gasteiger partial charge on any atom is -0.314 e. The van der Waals surface area contributed by atoms with Gasteiger partial charge in [0.25, 0.3) is 0 Å². The molecule has 2 aliphatic heterocycles. The maximum atomic E-state index is 4.08. The Morgan fingerprint density at radius 1 is 1.42 bits per heavy atom. The highest BCUT2D eigenvalue weighted by atomic mass is 15.2. The summed E-state index contributed by atoms with van der Waals surface area (Å²) in [5.41, 5.74) is 2.59. The average Bonchev–Trinajstić information content (AvgIpc) is 3.03. The first-order chi connectivity index (χ1) is 9.33. The molecule has 0 spiro atoms. The fraction of sp³-hybridized carbons (Fsp3) is 0.800. The second kappa shape index (κ2) is 6.06. The third-order valence-corrected chi connectivity index (χ3v) is 4.81. The van der Waals surface area contributed by atoms with E-state index in [1.165, 1.54) is 56.5 Å². The largest absolute Gasteiger partial charge is 0.314 e. The Morgan fingerprint density at radius 2 is 2.37 bits per heavy atom. The van der Waals surface area contributed by atoms with Crippen molar-refractivity contribution >= 4 is 0 Å². The van der Waals surface area contributed by atoms with Gasteiger partial charge in [-0.1, -0.05) is 0 Å². The molecule has 3 heterocycles. The van der Waals surface area contributed by atoms with E-state index in [1.807, 2.05) is 6.20 Å². The first-order valence-corrected chi connectivity index (χ1v) is 7.79. The molecule has 0 radical (unpaired) electrons. The predicted molar refractivity (Wildman–Crippen MR) is 77.3 cm³/mol. The van der Waals surface area contributed by atoms with E-state index < -0.39 is 0 Å². The van der Waals surface area contributed by atoms with E-state index in [1.54, 1.807) is 0 Å². The topological polar surface area (TPSA) is 44.0 Å². The SMILES string of the molecule is Cc1[nH]ncc1CCCNC1CCN2CCCC2C1. The first-order valence-electron chi connectivity index (χ1n) is 7.79. The van der Waals surface area contributed by atoms with E-state index in [4.69, 9.17) is 0 Å². The molecule has 0 saturated carbocycles. The number of nitrogens with one attached hydrogen (secondary N) is 2. The van der Waals surface area contributed by atoms with Gasteiger partial charge >= 0.3 is 0 Å². The number of hydrogen-bond donors (Lipinski definition) is 2. The van der Waals surface area contributed by atoms with Crippen LogP contribution in [0.2, 0.25) is 0 Å². The molecular formula is C15H26N4. The van der Waals surface area contributed by atoms with Crippen molar-refractivity contribution < 1.29 is 0 Å². The molecule has 2 N–H and O–H groups in total. The third kappa shape index (κ3) is 3.18. The van der Waals surface area contributed by atoms with Crippen LogP contribution in [-0.4, -0.2) is 46.8 Å². The summed E-state index contributed by atoms with van der Waals surface area (Å²) in [6, 6.07) is 1.63. The molecule has 0 amide bonds. The van der Waals surface area contributed by atoms with Crippen LogP contribution in [0.3, 0.4) is 0 Å². The van der Waals surface area contributed by atoms with Gasteiger partial charge in [-0.15, -0.1) is 0 Å². The Balaban J connectivity index is 1.35. The van der Waals surface area contributed by atoms with Crippen LogP contribution in [0.5, 0.6) is 0 Å². The molecule has 2 aliphatic rings. The highest BCUT2D eigenvalue weighted by Gasteiger charge is 2.31. The van der Waals surface area contributed by atoms with Crippen LogP contribution < -0.4 is 5.32 Å². The van der Waals surface area contributed by atoms with Crippen molar-refractivity contribution in [2.24, 2.45) is 0 Å². The van der Waals surface area contributed by atoms with Gasteiger partial charge in [-0.3, -0.25) is 5.10 Å². The van der Waals surface area contributed by atoms with Crippen molar-refractivity contribution in [1.82, 2.24) is 20.4 Å². The van der Waals surface area contributed by atoms with Crippen molar-refractivity contribution in [3.63, 3.8) is 0 Å². The van der Waals surface area contributed by atoms with E-state index in [9.17, 15) is 0 Å². The summed E-state index contributed by atoms with van der Waals surface area (Å²) >= 11 is 0. The molecule has 0 aliphatic carbocycles. The molecule has 1 aromatic rings. The van der Waals surface area contributed by atoms with E-state index in [2.05, 4.69) is 27.3 Å². The Kier molecular flexibility index (Phi) is 4.18. The van der Waals surface area contributed by atoms with E-state index >= 15 is 0 Å². The lowest BCUT2D eigenvalue weighted by Crippen LogP contribution is -2.45. The first kappa shape index (κ1) is 13.1. The van der Waals surface area contributed by atoms with Crippen LogP contribution in [0.1, 0.15) is 43.4 Å². The summed E-state index contributed by atoms with van der Waals surface area (Å²) in [4.78, 5) is 2.69. The van der Waals surface area contributed by atoms with Crippen LogP contribution in [0.4, 0.5) is 0 Å². The average molecular weight is 262 g/mol. The minimum absolute atomic E-state index is 0.754. The summed E-state index contributed by atoms with van der Waals surface area (Å²) in [6.45, 7) is 5.90. The molecule has 0 bridgehead atoms. The fourth-order valence-electron chi connectivity index (χ4n) is 3.62. The number of rotatable bonds is 5. The van der Waals surface area contributed by atoms with Crippen molar-refractivity contribution in [1.29, 1.82) is 0 Å². The van der Waals surface area contributed by atoms with Crippen molar-refractivity contribution in [3.8, 4) is 0 Å². The van der Waals surface area contributed by atoms with Gasteiger partial charge in [0, 0.05) is 17.8 Å². The van der Waals surface area contributed by atoms with E-state index in [0.717, 1.165) is 25.0 Å². The molecule has 2 saturated heterocycles. The molecule has 4 heteroatoms. The summed E-state index contributed by atoms with van der Waals surface area (Å²) in [6.07, 6.45) is 9.85. The second-order valence-corrected chi connectivity index (χ2v) is 6.13. The molecule has 19 heavy (non-hydrogen) atoms. The smallest absolute Gasteiger partial charge is 0.0522 e. The second-order valence-electron chi connectivity index (χ2n) is 6.13. The monoisotopic (exact) mass is 262 g/mol. The highest BCUT2D eigenvalue weighted by molar-refractivity contribution is 5.14. The number of aromatic amines is 1. The maximum absolute atomic E-state index is 4.08. The molecule has 2 atom stereocenters. The zero-order valence-corrected chi connectivity index (χ0v) is 12.0. The predicted octanol–water partition coefficient (Wildman–Crippen LogP) is 1.87. The lowest BCUT2D eigenvalue weighted by atomic mass is 9.97. The minimum atomic E-state index is 0.754. The van der Waals surface area contributed by atoms with Crippen molar-refractivity contribution in [2.45, 2.75) is 57.5 Å². The molecular weight excluding hydrogens is 236 g/mol. The summed E-state index contributed by atoms with van der Waals surface area (Å²) in [5, 5.41) is 10.8. The van der Waals surface area contributed by atoms with E-state index in [-0.39, 0.29) is 0 Å². The van der Waals surface area contributed by atoms with Crippen molar-refractivity contribution in [3.05, 3.63) is 17.5 Å². The molecule has 2 unspecified atom stereocenters. The van der Waals surface area contributed by atoms with Crippen LogP contribution >= 0.6 is 0 Å². The molecule has 1 aromatic heterocycles. The number of hydrogen-bond acceptors (Lipinski definition) is 3. The standard InChI is InChI=1S/C15H26N4/c1-12-13(11-17-18-12)4-2-7-16-14-6-9-19-8-3-5-15(19)10-14/h11,14-16H,2-10H2,1H3,(H,17,18). The van der Waals surface area contributed by atoms with Gasteiger partial charge in [0.15, 0.2) is 0 Å². The summed E-state index contributed by atoms with van der Waals surface area (Å²) in [7, 11) is 0. The van der Waals surface area contributed by atoms with Gasteiger partial charge < -0.3 is 10.2 Å².